The van der Waals surface area contributed by atoms with Crippen LogP contribution < -0.4 is 5.32 Å². The van der Waals surface area contributed by atoms with Crippen molar-refractivity contribution in [3.05, 3.63) is 40.8 Å². The van der Waals surface area contributed by atoms with Crippen molar-refractivity contribution in [2.45, 2.75) is 0 Å². The number of hydrogen-bond donors (Lipinski definition) is 1. The van der Waals surface area contributed by atoms with Crippen LogP contribution >= 0.6 is 22.9 Å². The highest BCUT2D eigenvalue weighted by Gasteiger charge is 2.15. The van der Waals surface area contributed by atoms with Gasteiger partial charge in [-0.3, -0.25) is 4.79 Å². The lowest BCUT2D eigenvalue weighted by Gasteiger charge is -1.91. The first kappa shape index (κ1) is 11.8. The quantitative estimate of drug-likeness (QED) is 0.680. The van der Waals surface area contributed by atoms with Crippen molar-refractivity contribution in [1.29, 1.82) is 0 Å². The summed E-state index contributed by atoms with van der Waals surface area (Å²) in [6, 6.07) is 1.78. The lowest BCUT2D eigenvalue weighted by molar-refractivity contribution is 0.105. The molecular weight excluding hydrogens is 260 g/mol. The minimum absolute atomic E-state index is 0.180. The maximum Gasteiger partial charge on any atom is 0.212 e. The zero-order valence-electron chi connectivity index (χ0n) is 8.92. The van der Waals surface area contributed by atoms with E-state index in [2.05, 4.69) is 15.4 Å². The van der Waals surface area contributed by atoms with Gasteiger partial charge in [-0.05, 0) is 6.07 Å². The van der Waals surface area contributed by atoms with E-state index in [4.69, 9.17) is 11.6 Å². The number of ketones is 1. The molecule has 2 aromatic heterocycles. The lowest BCUT2D eigenvalue weighted by atomic mass is 10.3. The van der Waals surface area contributed by atoms with Crippen LogP contribution in [-0.2, 0) is 0 Å². The Morgan fingerprint density at radius 1 is 1.65 bits per heavy atom. The third kappa shape index (κ3) is 2.54. The lowest BCUT2D eigenvalue weighted by Crippen LogP contribution is -1.97. The third-order valence-electron chi connectivity index (χ3n) is 1.90. The number of aromatic nitrogens is 3. The van der Waals surface area contributed by atoms with Crippen molar-refractivity contribution >= 4 is 28.7 Å². The van der Waals surface area contributed by atoms with Crippen LogP contribution in [0.3, 0.4) is 0 Å². The van der Waals surface area contributed by atoms with Gasteiger partial charge < -0.3 is 5.32 Å². The van der Waals surface area contributed by atoms with Crippen LogP contribution in [0.2, 0.25) is 5.15 Å². The molecule has 5 nitrogen and oxygen atoms in total. The fourth-order valence-corrected chi connectivity index (χ4v) is 2.32. The number of halogens is 1. The SMILES string of the molecule is CN/C=C/C(=O)c1sc(-n2cccn2)nc1Cl. The molecule has 88 valence electrons. The zero-order chi connectivity index (χ0) is 12.3. The van der Waals surface area contributed by atoms with Gasteiger partial charge in [-0.25, -0.2) is 9.67 Å². The molecule has 2 heterocycles. The number of nitrogens with zero attached hydrogens (tertiary/aromatic N) is 3. The fraction of sp³-hybridized carbons (Fsp3) is 0.100. The van der Waals surface area contributed by atoms with E-state index in [1.54, 1.807) is 36.4 Å². The van der Waals surface area contributed by atoms with E-state index in [1.807, 2.05) is 0 Å². The summed E-state index contributed by atoms with van der Waals surface area (Å²) >= 11 is 7.12. The summed E-state index contributed by atoms with van der Waals surface area (Å²) in [7, 11) is 1.72. The number of rotatable bonds is 4. The summed E-state index contributed by atoms with van der Waals surface area (Å²) in [6.45, 7) is 0. The Kier molecular flexibility index (Phi) is 3.55. The molecule has 7 heteroatoms. The monoisotopic (exact) mass is 268 g/mol. The maximum absolute atomic E-state index is 11.7. The number of hydrogen-bond acceptors (Lipinski definition) is 5. The minimum atomic E-state index is -0.180. The Morgan fingerprint density at radius 3 is 3.12 bits per heavy atom. The van der Waals surface area contributed by atoms with Crippen molar-refractivity contribution in [3.8, 4) is 5.13 Å². The Hall–Kier alpha value is -1.66. The van der Waals surface area contributed by atoms with Crippen molar-refractivity contribution in [2.24, 2.45) is 0 Å². The summed E-state index contributed by atoms with van der Waals surface area (Å²) < 4.78 is 1.56. The largest absolute Gasteiger partial charge is 0.394 e. The van der Waals surface area contributed by atoms with E-state index in [1.165, 1.54) is 17.4 Å². The number of carbonyl (C=O) groups is 1. The standard InChI is InChI=1S/C10H9ClN4OS/c1-12-5-3-7(16)8-9(11)14-10(17-8)15-6-2-4-13-15/h2-6,12H,1H3/b5-3+. The van der Waals surface area contributed by atoms with Crippen molar-refractivity contribution in [3.63, 3.8) is 0 Å². The van der Waals surface area contributed by atoms with Crippen molar-refractivity contribution in [1.82, 2.24) is 20.1 Å². The van der Waals surface area contributed by atoms with E-state index >= 15 is 0 Å². The van der Waals surface area contributed by atoms with Crippen LogP contribution in [0.4, 0.5) is 0 Å². The van der Waals surface area contributed by atoms with E-state index in [0.29, 0.717) is 10.0 Å². The molecule has 0 unspecified atom stereocenters. The highest BCUT2D eigenvalue weighted by atomic mass is 35.5. The van der Waals surface area contributed by atoms with Gasteiger partial charge >= 0.3 is 0 Å². The van der Waals surface area contributed by atoms with Gasteiger partial charge in [0.05, 0.1) is 0 Å². The molecule has 0 atom stereocenters. The number of thiazole rings is 1. The first-order valence-electron chi connectivity index (χ1n) is 4.77. The van der Waals surface area contributed by atoms with Gasteiger partial charge in [-0.1, -0.05) is 22.9 Å². The van der Waals surface area contributed by atoms with Gasteiger partial charge in [-0.15, -0.1) is 0 Å². The highest BCUT2D eigenvalue weighted by molar-refractivity contribution is 7.16. The van der Waals surface area contributed by atoms with Gasteiger partial charge in [-0.2, -0.15) is 5.10 Å². The molecule has 0 spiro atoms. The second-order valence-electron chi connectivity index (χ2n) is 3.05. The van der Waals surface area contributed by atoms with Crippen LogP contribution in [0.5, 0.6) is 0 Å². The summed E-state index contributed by atoms with van der Waals surface area (Å²) in [4.78, 5) is 16.2. The molecule has 0 aliphatic carbocycles. The molecule has 1 N–H and O–H groups in total. The number of nitrogens with one attached hydrogen (secondary N) is 1. The summed E-state index contributed by atoms with van der Waals surface area (Å²) in [5, 5.41) is 7.54. The van der Waals surface area contributed by atoms with Crippen LogP contribution in [0.1, 0.15) is 9.67 Å². The van der Waals surface area contributed by atoms with Crippen LogP contribution in [0.15, 0.2) is 30.7 Å². The molecule has 0 bridgehead atoms. The summed E-state index contributed by atoms with van der Waals surface area (Å²) in [5.74, 6) is -0.180. The predicted octanol–water partition coefficient (Wildman–Crippen LogP) is 1.90. The van der Waals surface area contributed by atoms with Crippen LogP contribution in [0.25, 0.3) is 5.13 Å². The topological polar surface area (TPSA) is 59.8 Å². The molecule has 0 saturated heterocycles. The van der Waals surface area contributed by atoms with E-state index in [0.717, 1.165) is 0 Å². The van der Waals surface area contributed by atoms with Gasteiger partial charge in [0, 0.05) is 31.7 Å². The molecule has 0 radical (unpaired) electrons. The molecule has 0 saturated carbocycles. The van der Waals surface area contributed by atoms with Crippen LogP contribution in [0, 0.1) is 0 Å². The zero-order valence-corrected chi connectivity index (χ0v) is 10.5. The molecule has 0 fully saturated rings. The Balaban J connectivity index is 2.31. The number of allylic oxidation sites excluding steroid dienone is 1. The first-order valence-corrected chi connectivity index (χ1v) is 5.96. The van der Waals surface area contributed by atoms with Crippen LogP contribution in [-0.4, -0.2) is 27.6 Å². The first-order chi connectivity index (χ1) is 8.22. The second kappa shape index (κ2) is 5.11. The Bertz CT molecular complexity index is 547. The summed E-state index contributed by atoms with van der Waals surface area (Å²) in [6.07, 6.45) is 6.34. The third-order valence-corrected chi connectivity index (χ3v) is 3.35. The van der Waals surface area contributed by atoms with E-state index in [-0.39, 0.29) is 10.9 Å². The van der Waals surface area contributed by atoms with E-state index < -0.39 is 0 Å². The maximum atomic E-state index is 11.7. The average molecular weight is 269 g/mol. The normalized spacial score (nSPS) is 10.9. The second-order valence-corrected chi connectivity index (χ2v) is 4.39. The van der Waals surface area contributed by atoms with Crippen molar-refractivity contribution < 1.29 is 4.79 Å². The van der Waals surface area contributed by atoms with Gasteiger partial charge in [0.1, 0.15) is 4.88 Å². The molecule has 17 heavy (non-hydrogen) atoms. The minimum Gasteiger partial charge on any atom is -0.394 e. The molecule has 0 aliphatic heterocycles. The molecule has 0 aromatic carbocycles. The molecule has 2 rings (SSSR count). The van der Waals surface area contributed by atoms with E-state index in [9.17, 15) is 4.79 Å². The van der Waals surface area contributed by atoms with Gasteiger partial charge in [0.15, 0.2) is 10.9 Å². The molecule has 0 amide bonds. The predicted molar refractivity (Wildman–Crippen MR) is 66.8 cm³/mol. The Morgan fingerprint density at radius 2 is 2.47 bits per heavy atom. The molecule has 2 aromatic rings. The Labute approximate surface area is 107 Å². The van der Waals surface area contributed by atoms with Gasteiger partial charge in [0.2, 0.25) is 5.13 Å². The molecule has 0 aliphatic rings. The average Bonchev–Trinajstić information content (AvgIpc) is 2.94. The molecular formula is C10H9ClN4OS. The smallest absolute Gasteiger partial charge is 0.212 e. The van der Waals surface area contributed by atoms with Crippen molar-refractivity contribution in [2.75, 3.05) is 7.05 Å². The van der Waals surface area contributed by atoms with Gasteiger partial charge in [0.25, 0.3) is 0 Å². The highest BCUT2D eigenvalue weighted by Crippen LogP contribution is 2.26. The fourth-order valence-electron chi connectivity index (χ4n) is 1.16. The number of carbonyl (C=O) groups excluding carboxylic acids is 1. The summed E-state index contributed by atoms with van der Waals surface area (Å²) in [5.41, 5.74) is 0.